The Morgan fingerprint density at radius 3 is 2.39 bits per heavy atom. The lowest BCUT2D eigenvalue weighted by molar-refractivity contribution is 0.335. The second kappa shape index (κ2) is 5.30. The topological polar surface area (TPSA) is 0 Å². The molecule has 0 N–H and O–H groups in total. The molecule has 1 unspecified atom stereocenters. The molecule has 0 spiro atoms. The number of benzene rings is 1. The monoisotopic (exact) mass is 242 g/mol. The molecule has 18 heavy (non-hydrogen) atoms. The summed E-state index contributed by atoms with van der Waals surface area (Å²) in [6.45, 7) is 10.9. The summed E-state index contributed by atoms with van der Waals surface area (Å²) < 4.78 is 0. The summed E-state index contributed by atoms with van der Waals surface area (Å²) in [4.78, 5) is 0. The SMILES string of the molecule is C=C(C)c1ccc(CCCC(C)C2(C)CC2)cc1. The molecule has 1 aromatic carbocycles. The van der Waals surface area contributed by atoms with Gasteiger partial charge in [-0.1, -0.05) is 50.3 Å². The molecule has 2 rings (SSSR count). The normalized spacial score (nSPS) is 18.4. The lowest BCUT2D eigenvalue weighted by atomic mass is 9.87. The Hall–Kier alpha value is -1.04. The highest BCUT2D eigenvalue weighted by molar-refractivity contribution is 5.61. The van der Waals surface area contributed by atoms with E-state index in [2.05, 4.69) is 51.6 Å². The molecule has 0 radical (unpaired) electrons. The van der Waals surface area contributed by atoms with E-state index < -0.39 is 0 Å². The number of allylic oxidation sites excluding steroid dienone is 1. The van der Waals surface area contributed by atoms with E-state index in [-0.39, 0.29) is 0 Å². The standard InChI is InChI=1S/C18H26/c1-14(2)17-10-8-16(9-11-17)7-5-6-15(3)18(4)12-13-18/h8-11,15H,1,5-7,12-13H2,2-4H3. The van der Waals surface area contributed by atoms with Gasteiger partial charge in [0.2, 0.25) is 0 Å². The van der Waals surface area contributed by atoms with Gasteiger partial charge in [0.05, 0.1) is 0 Å². The zero-order chi connectivity index (χ0) is 13.2. The van der Waals surface area contributed by atoms with Crippen molar-refractivity contribution in [3.8, 4) is 0 Å². The van der Waals surface area contributed by atoms with E-state index in [9.17, 15) is 0 Å². The second-order valence-electron chi connectivity index (χ2n) is 6.42. The van der Waals surface area contributed by atoms with Gasteiger partial charge in [0, 0.05) is 0 Å². The molecule has 98 valence electrons. The Kier molecular flexibility index (Phi) is 3.94. The van der Waals surface area contributed by atoms with Gasteiger partial charge in [0.15, 0.2) is 0 Å². The van der Waals surface area contributed by atoms with Crippen molar-refractivity contribution in [2.75, 3.05) is 0 Å². The second-order valence-corrected chi connectivity index (χ2v) is 6.42. The summed E-state index contributed by atoms with van der Waals surface area (Å²) in [5.74, 6) is 0.896. The molecule has 1 aliphatic carbocycles. The molecule has 0 saturated heterocycles. The maximum Gasteiger partial charge on any atom is -0.0233 e. The fourth-order valence-electron chi connectivity index (χ4n) is 2.61. The van der Waals surface area contributed by atoms with Crippen LogP contribution in [0, 0.1) is 11.3 Å². The Balaban J connectivity index is 1.78. The van der Waals surface area contributed by atoms with Crippen molar-refractivity contribution in [1.82, 2.24) is 0 Å². The summed E-state index contributed by atoms with van der Waals surface area (Å²) in [6.07, 6.45) is 6.81. The van der Waals surface area contributed by atoms with Crippen molar-refractivity contribution >= 4 is 5.57 Å². The molecule has 0 amide bonds. The van der Waals surface area contributed by atoms with Crippen molar-refractivity contribution in [3.63, 3.8) is 0 Å². The van der Waals surface area contributed by atoms with Crippen LogP contribution in [0.3, 0.4) is 0 Å². The van der Waals surface area contributed by atoms with E-state index in [4.69, 9.17) is 0 Å². The van der Waals surface area contributed by atoms with Crippen LogP contribution in [0.25, 0.3) is 5.57 Å². The molecule has 0 aromatic heterocycles. The summed E-state index contributed by atoms with van der Waals surface area (Å²) in [7, 11) is 0. The summed E-state index contributed by atoms with van der Waals surface area (Å²) in [6, 6.07) is 8.91. The van der Waals surface area contributed by atoms with Crippen LogP contribution in [-0.2, 0) is 6.42 Å². The first-order valence-electron chi connectivity index (χ1n) is 7.26. The van der Waals surface area contributed by atoms with E-state index in [0.29, 0.717) is 5.41 Å². The molecule has 0 heterocycles. The number of hydrogen-bond donors (Lipinski definition) is 0. The fraction of sp³-hybridized carbons (Fsp3) is 0.556. The van der Waals surface area contributed by atoms with Crippen molar-refractivity contribution in [2.45, 2.75) is 52.9 Å². The van der Waals surface area contributed by atoms with E-state index >= 15 is 0 Å². The maximum atomic E-state index is 3.97. The Morgan fingerprint density at radius 2 is 1.89 bits per heavy atom. The van der Waals surface area contributed by atoms with Crippen molar-refractivity contribution in [2.24, 2.45) is 11.3 Å². The molecular weight excluding hydrogens is 216 g/mol. The largest absolute Gasteiger partial charge is 0.0955 e. The quantitative estimate of drug-likeness (QED) is 0.619. The zero-order valence-corrected chi connectivity index (χ0v) is 12.1. The van der Waals surface area contributed by atoms with E-state index in [1.807, 2.05) is 0 Å². The van der Waals surface area contributed by atoms with E-state index in [1.165, 1.54) is 43.2 Å². The molecule has 1 atom stereocenters. The summed E-state index contributed by atoms with van der Waals surface area (Å²) >= 11 is 0. The van der Waals surface area contributed by atoms with Crippen molar-refractivity contribution in [3.05, 3.63) is 42.0 Å². The molecular formula is C18H26. The maximum absolute atomic E-state index is 3.97. The van der Waals surface area contributed by atoms with Gasteiger partial charge in [-0.2, -0.15) is 0 Å². The van der Waals surface area contributed by atoms with Gasteiger partial charge >= 0.3 is 0 Å². The number of hydrogen-bond acceptors (Lipinski definition) is 0. The van der Waals surface area contributed by atoms with Crippen LogP contribution in [0.2, 0.25) is 0 Å². The third kappa shape index (κ3) is 3.25. The average Bonchev–Trinajstić information content (AvgIpc) is 3.09. The average molecular weight is 242 g/mol. The molecule has 0 heteroatoms. The summed E-state index contributed by atoms with van der Waals surface area (Å²) in [5.41, 5.74) is 4.56. The van der Waals surface area contributed by atoms with Gasteiger partial charge < -0.3 is 0 Å². The third-order valence-corrected chi connectivity index (χ3v) is 4.78. The van der Waals surface area contributed by atoms with Gasteiger partial charge in [0.25, 0.3) is 0 Å². The van der Waals surface area contributed by atoms with Crippen LogP contribution in [0.15, 0.2) is 30.8 Å². The lowest BCUT2D eigenvalue weighted by Gasteiger charge is -2.18. The van der Waals surface area contributed by atoms with Gasteiger partial charge in [0.1, 0.15) is 0 Å². The van der Waals surface area contributed by atoms with Crippen LogP contribution in [0.5, 0.6) is 0 Å². The van der Waals surface area contributed by atoms with Gasteiger partial charge in [-0.25, -0.2) is 0 Å². The third-order valence-electron chi connectivity index (χ3n) is 4.78. The minimum absolute atomic E-state index is 0.684. The smallest absolute Gasteiger partial charge is 0.0233 e. The highest BCUT2D eigenvalue weighted by Gasteiger charge is 2.41. The molecule has 1 fully saturated rings. The molecule has 1 aliphatic rings. The number of rotatable bonds is 6. The van der Waals surface area contributed by atoms with E-state index in [0.717, 1.165) is 11.5 Å². The molecule has 1 aromatic rings. The first kappa shape index (κ1) is 13.4. The molecule has 1 saturated carbocycles. The van der Waals surface area contributed by atoms with Crippen LogP contribution in [0.4, 0.5) is 0 Å². The first-order chi connectivity index (χ1) is 8.51. The predicted octanol–water partition coefficient (Wildman–Crippen LogP) is 5.48. The number of aryl methyl sites for hydroxylation is 1. The fourth-order valence-corrected chi connectivity index (χ4v) is 2.61. The Morgan fingerprint density at radius 1 is 1.28 bits per heavy atom. The van der Waals surface area contributed by atoms with Crippen LogP contribution < -0.4 is 0 Å². The van der Waals surface area contributed by atoms with Crippen molar-refractivity contribution in [1.29, 1.82) is 0 Å². The zero-order valence-electron chi connectivity index (χ0n) is 12.1. The van der Waals surface area contributed by atoms with Gasteiger partial charge in [-0.3, -0.25) is 0 Å². The van der Waals surface area contributed by atoms with E-state index in [1.54, 1.807) is 0 Å². The molecule has 0 aliphatic heterocycles. The Bertz CT molecular complexity index is 406. The highest BCUT2D eigenvalue weighted by atomic mass is 14.5. The minimum Gasteiger partial charge on any atom is -0.0955 e. The molecule has 0 bridgehead atoms. The summed E-state index contributed by atoms with van der Waals surface area (Å²) in [5, 5.41) is 0. The van der Waals surface area contributed by atoms with Crippen LogP contribution in [0.1, 0.15) is 57.6 Å². The van der Waals surface area contributed by atoms with Crippen LogP contribution in [-0.4, -0.2) is 0 Å². The minimum atomic E-state index is 0.684. The van der Waals surface area contributed by atoms with Gasteiger partial charge in [-0.05, 0) is 61.5 Å². The first-order valence-corrected chi connectivity index (χ1v) is 7.26. The van der Waals surface area contributed by atoms with Crippen LogP contribution >= 0.6 is 0 Å². The predicted molar refractivity (Wildman–Crippen MR) is 80.6 cm³/mol. The molecule has 0 nitrogen and oxygen atoms in total. The highest BCUT2D eigenvalue weighted by Crippen LogP contribution is 2.52. The van der Waals surface area contributed by atoms with Crippen molar-refractivity contribution < 1.29 is 0 Å². The van der Waals surface area contributed by atoms with Gasteiger partial charge in [-0.15, -0.1) is 0 Å². The Labute approximate surface area is 112 Å². The lowest BCUT2D eigenvalue weighted by Crippen LogP contribution is -2.08.